The number of benzene rings is 1. The number of ether oxygens (including phenoxy) is 1. The molecule has 1 N–H and O–H groups in total. The molecule has 1 aromatic rings. The second-order valence-electron chi connectivity index (χ2n) is 9.47. The minimum Gasteiger partial charge on any atom is -0.497 e. The average molecular weight is 341 g/mol. The first-order chi connectivity index (χ1) is 12.2. The number of hydrogen-bond donors (Lipinski definition) is 1. The van der Waals surface area contributed by atoms with Crippen molar-refractivity contribution in [1.29, 1.82) is 0 Å². The molecule has 0 heterocycles. The van der Waals surface area contributed by atoms with Crippen LogP contribution in [0, 0.1) is 29.6 Å². The number of methoxy groups -OCH3 is 1. The zero-order chi connectivity index (χ0) is 17.0. The number of aliphatic hydroxyl groups excluding tert-OH is 1. The van der Waals surface area contributed by atoms with Gasteiger partial charge < -0.3 is 9.84 Å². The highest BCUT2D eigenvalue weighted by molar-refractivity contribution is 5.37. The Bertz CT molecular complexity index is 583. The van der Waals surface area contributed by atoms with E-state index in [1.807, 2.05) is 0 Å². The third-order valence-corrected chi connectivity index (χ3v) is 8.45. The van der Waals surface area contributed by atoms with E-state index in [9.17, 15) is 5.11 Å². The third kappa shape index (κ3) is 2.40. The standard InChI is InChI=1S/C23H32O2/c1-25-22-8-4-18(5-9-22)23(17-2-6-21(24)7-3-17)19-11-15-10-16(13-19)14-20(23)12-15/h4-5,8-9,15-17,19-21,24H,2-3,6-7,10-14H2,1H3. The third-order valence-electron chi connectivity index (χ3n) is 8.45. The molecule has 6 rings (SSSR count). The predicted molar refractivity (Wildman–Crippen MR) is 99.7 cm³/mol. The fourth-order valence-corrected chi connectivity index (χ4v) is 7.77. The van der Waals surface area contributed by atoms with E-state index < -0.39 is 0 Å². The molecule has 5 fully saturated rings. The van der Waals surface area contributed by atoms with Crippen LogP contribution in [0.3, 0.4) is 0 Å². The molecule has 0 aromatic heterocycles. The van der Waals surface area contributed by atoms with Crippen molar-refractivity contribution in [3.05, 3.63) is 29.8 Å². The van der Waals surface area contributed by atoms with Crippen LogP contribution in [0.1, 0.15) is 63.4 Å². The second-order valence-corrected chi connectivity index (χ2v) is 9.47. The average Bonchev–Trinajstić information content (AvgIpc) is 2.63. The molecule has 25 heavy (non-hydrogen) atoms. The van der Waals surface area contributed by atoms with Crippen LogP contribution in [0.2, 0.25) is 0 Å². The Hall–Kier alpha value is -1.02. The molecule has 0 amide bonds. The van der Waals surface area contributed by atoms with Gasteiger partial charge in [0.2, 0.25) is 0 Å². The maximum Gasteiger partial charge on any atom is 0.118 e. The van der Waals surface area contributed by atoms with Crippen molar-refractivity contribution in [2.24, 2.45) is 29.6 Å². The summed E-state index contributed by atoms with van der Waals surface area (Å²) in [6, 6.07) is 9.12. The monoisotopic (exact) mass is 340 g/mol. The van der Waals surface area contributed by atoms with Crippen LogP contribution in [-0.2, 0) is 5.41 Å². The van der Waals surface area contributed by atoms with Crippen molar-refractivity contribution in [1.82, 2.24) is 0 Å². The van der Waals surface area contributed by atoms with Gasteiger partial charge in [0.1, 0.15) is 5.75 Å². The van der Waals surface area contributed by atoms with Crippen LogP contribution in [0.15, 0.2) is 24.3 Å². The first-order valence-electron chi connectivity index (χ1n) is 10.5. The molecule has 4 bridgehead atoms. The van der Waals surface area contributed by atoms with Crippen LogP contribution in [0.5, 0.6) is 5.75 Å². The fourth-order valence-electron chi connectivity index (χ4n) is 7.77. The molecule has 5 aliphatic rings. The summed E-state index contributed by atoms with van der Waals surface area (Å²) in [7, 11) is 1.76. The highest BCUT2D eigenvalue weighted by Crippen LogP contribution is 2.66. The van der Waals surface area contributed by atoms with Gasteiger partial charge in [-0.2, -0.15) is 0 Å². The topological polar surface area (TPSA) is 29.5 Å². The number of hydrogen-bond acceptors (Lipinski definition) is 2. The Labute approximate surface area is 152 Å². The van der Waals surface area contributed by atoms with Crippen molar-refractivity contribution in [2.75, 3.05) is 7.11 Å². The van der Waals surface area contributed by atoms with Crippen LogP contribution in [0.25, 0.3) is 0 Å². The van der Waals surface area contributed by atoms with Crippen molar-refractivity contribution in [2.45, 2.75) is 69.3 Å². The fraction of sp³-hybridized carbons (Fsp3) is 0.739. The highest BCUT2D eigenvalue weighted by Gasteiger charge is 2.60. The Morgan fingerprint density at radius 2 is 1.36 bits per heavy atom. The largest absolute Gasteiger partial charge is 0.497 e. The Morgan fingerprint density at radius 3 is 1.88 bits per heavy atom. The lowest BCUT2D eigenvalue weighted by atomic mass is 9.40. The predicted octanol–water partition coefficient (Wildman–Crippen LogP) is 4.94. The van der Waals surface area contributed by atoms with Crippen LogP contribution < -0.4 is 4.74 Å². The highest BCUT2D eigenvalue weighted by atomic mass is 16.5. The molecular weight excluding hydrogens is 308 g/mol. The summed E-state index contributed by atoms with van der Waals surface area (Å²) in [4.78, 5) is 0. The SMILES string of the molecule is COc1ccc(C2(C3CCC(O)CC3)C3CC4CC(C3)CC2C4)cc1. The van der Waals surface area contributed by atoms with E-state index in [-0.39, 0.29) is 6.10 Å². The van der Waals surface area contributed by atoms with Gasteiger partial charge in [0.05, 0.1) is 13.2 Å². The van der Waals surface area contributed by atoms with Gasteiger partial charge in [-0.1, -0.05) is 12.1 Å². The maximum atomic E-state index is 10.1. The van der Waals surface area contributed by atoms with E-state index in [0.717, 1.165) is 48.2 Å². The molecule has 0 atom stereocenters. The molecule has 0 aliphatic heterocycles. The Balaban J connectivity index is 1.58. The summed E-state index contributed by atoms with van der Waals surface area (Å²) in [5.74, 6) is 5.49. The van der Waals surface area contributed by atoms with E-state index >= 15 is 0 Å². The van der Waals surface area contributed by atoms with Gasteiger partial charge >= 0.3 is 0 Å². The van der Waals surface area contributed by atoms with Gasteiger partial charge in [0, 0.05) is 5.41 Å². The Kier molecular flexibility index (Phi) is 3.89. The Morgan fingerprint density at radius 1 is 0.800 bits per heavy atom. The lowest BCUT2D eigenvalue weighted by Crippen LogP contribution is -2.59. The number of rotatable bonds is 3. The first-order valence-corrected chi connectivity index (χ1v) is 10.5. The van der Waals surface area contributed by atoms with E-state index in [1.165, 1.54) is 44.9 Å². The lowest BCUT2D eigenvalue weighted by molar-refractivity contribution is -0.101. The van der Waals surface area contributed by atoms with Gasteiger partial charge in [0.15, 0.2) is 0 Å². The summed E-state index contributed by atoms with van der Waals surface area (Å²) < 4.78 is 5.43. The normalized spacial score (nSPS) is 45.5. The van der Waals surface area contributed by atoms with E-state index in [1.54, 1.807) is 12.7 Å². The summed E-state index contributed by atoms with van der Waals surface area (Å²) in [5.41, 5.74) is 1.96. The summed E-state index contributed by atoms with van der Waals surface area (Å²) in [6.07, 6.45) is 11.7. The minimum atomic E-state index is -0.0546. The maximum absolute atomic E-state index is 10.1. The van der Waals surface area contributed by atoms with Crippen molar-refractivity contribution < 1.29 is 9.84 Å². The smallest absolute Gasteiger partial charge is 0.118 e. The molecule has 2 heteroatoms. The zero-order valence-electron chi connectivity index (χ0n) is 15.5. The van der Waals surface area contributed by atoms with Crippen LogP contribution in [0.4, 0.5) is 0 Å². The van der Waals surface area contributed by atoms with Gasteiger partial charge in [-0.25, -0.2) is 0 Å². The minimum absolute atomic E-state index is 0.0546. The second kappa shape index (κ2) is 6.01. The molecule has 5 saturated carbocycles. The van der Waals surface area contributed by atoms with Crippen molar-refractivity contribution in [3.63, 3.8) is 0 Å². The van der Waals surface area contributed by atoms with Gasteiger partial charge in [-0.15, -0.1) is 0 Å². The van der Waals surface area contributed by atoms with Crippen molar-refractivity contribution >= 4 is 0 Å². The van der Waals surface area contributed by atoms with Crippen LogP contribution >= 0.6 is 0 Å². The molecule has 2 nitrogen and oxygen atoms in total. The van der Waals surface area contributed by atoms with Crippen LogP contribution in [-0.4, -0.2) is 18.3 Å². The summed E-state index contributed by atoms with van der Waals surface area (Å²) in [6.45, 7) is 0. The summed E-state index contributed by atoms with van der Waals surface area (Å²) >= 11 is 0. The van der Waals surface area contributed by atoms with E-state index in [4.69, 9.17) is 4.74 Å². The van der Waals surface area contributed by atoms with Gasteiger partial charge in [-0.3, -0.25) is 0 Å². The molecule has 0 saturated heterocycles. The first kappa shape index (κ1) is 16.2. The van der Waals surface area contributed by atoms with Gasteiger partial charge in [0.25, 0.3) is 0 Å². The molecule has 5 aliphatic carbocycles. The zero-order valence-corrected chi connectivity index (χ0v) is 15.5. The van der Waals surface area contributed by atoms with E-state index in [0.29, 0.717) is 5.41 Å². The lowest BCUT2D eigenvalue weighted by Gasteiger charge is -2.65. The summed E-state index contributed by atoms with van der Waals surface area (Å²) in [5, 5.41) is 10.1. The molecule has 136 valence electrons. The van der Waals surface area contributed by atoms with E-state index in [2.05, 4.69) is 24.3 Å². The van der Waals surface area contributed by atoms with Crippen molar-refractivity contribution in [3.8, 4) is 5.75 Å². The molecule has 1 aromatic carbocycles. The number of aliphatic hydroxyl groups is 1. The molecule has 0 radical (unpaired) electrons. The molecule has 0 unspecified atom stereocenters. The van der Waals surface area contributed by atoms with Gasteiger partial charge in [-0.05, 0) is 105 Å². The quantitative estimate of drug-likeness (QED) is 0.844. The molecule has 0 spiro atoms. The molecular formula is C23H32O2.